The van der Waals surface area contributed by atoms with Crippen molar-refractivity contribution in [2.45, 2.75) is 30.9 Å². The Morgan fingerprint density at radius 2 is 2.15 bits per heavy atom. The van der Waals surface area contributed by atoms with E-state index in [4.69, 9.17) is 5.73 Å². The highest BCUT2D eigenvalue weighted by molar-refractivity contribution is 8.00. The number of nitrogens with zero attached hydrogens (tertiary/aromatic N) is 3. The quantitative estimate of drug-likeness (QED) is 0.462. The van der Waals surface area contributed by atoms with Crippen LogP contribution in [0, 0.1) is 0 Å². The Balaban J connectivity index is 0.00000113. The lowest BCUT2D eigenvalue weighted by Crippen LogP contribution is -2.69. The number of aliphatic carboxylic acids is 1. The van der Waals surface area contributed by atoms with Crippen molar-refractivity contribution in [2.24, 2.45) is 5.73 Å². The lowest BCUT2D eigenvalue weighted by Gasteiger charge is -2.49. The van der Waals surface area contributed by atoms with Crippen molar-refractivity contribution in [2.75, 3.05) is 17.6 Å². The van der Waals surface area contributed by atoms with Crippen LogP contribution in [-0.2, 0) is 22.7 Å². The smallest absolute Gasteiger partial charge is 0.248 e. The van der Waals surface area contributed by atoms with Crippen LogP contribution in [0.1, 0.15) is 6.42 Å². The van der Waals surface area contributed by atoms with Gasteiger partial charge in [0.25, 0.3) is 0 Å². The fourth-order valence-electron chi connectivity index (χ4n) is 3.33. The van der Waals surface area contributed by atoms with E-state index in [1.807, 2.05) is 16.9 Å². The number of β-lactam (4-membered cyclic amide) rings is 1. The van der Waals surface area contributed by atoms with E-state index in [-0.39, 0.29) is 54.2 Å². The van der Waals surface area contributed by atoms with Crippen molar-refractivity contribution in [1.29, 1.82) is 0 Å². The summed E-state index contributed by atoms with van der Waals surface area (Å²) in [5.41, 5.74) is 6.42. The van der Waals surface area contributed by atoms with E-state index < -0.39 is 12.0 Å². The first kappa shape index (κ1) is 22.9. The van der Waals surface area contributed by atoms with Crippen LogP contribution in [-0.4, -0.2) is 45.2 Å². The maximum atomic E-state index is 11.9. The number of rotatable bonds is 3. The normalized spacial score (nSPS) is 23.3. The SMILES string of the molecule is Cl.Cl.Cl.N[C@@H]1C(=O)N2C(C(=O)[O-])=C(C[n+]3ccc4n3CCCN4)CS[C@H]12. The summed E-state index contributed by atoms with van der Waals surface area (Å²) in [6.07, 6.45) is 2.94. The maximum absolute atomic E-state index is 11.9. The molecule has 3 N–H and O–H groups in total. The van der Waals surface area contributed by atoms with Gasteiger partial charge in [-0.25, -0.2) is 0 Å². The van der Waals surface area contributed by atoms with Gasteiger partial charge in [-0.2, -0.15) is 0 Å². The van der Waals surface area contributed by atoms with Crippen LogP contribution in [0.25, 0.3) is 0 Å². The zero-order valence-corrected chi connectivity index (χ0v) is 16.9. The fourth-order valence-corrected chi connectivity index (χ4v) is 4.61. The number of hydrogen-bond acceptors (Lipinski definition) is 6. The highest BCUT2D eigenvalue weighted by atomic mass is 35.5. The summed E-state index contributed by atoms with van der Waals surface area (Å²) in [6, 6.07) is 1.36. The lowest BCUT2D eigenvalue weighted by molar-refractivity contribution is -0.768. The van der Waals surface area contributed by atoms with E-state index in [0.29, 0.717) is 17.9 Å². The number of thioether (sulfide) groups is 1. The van der Waals surface area contributed by atoms with Gasteiger partial charge in [-0.15, -0.1) is 58.3 Å². The van der Waals surface area contributed by atoms with Gasteiger partial charge in [-0.1, -0.05) is 0 Å². The molecule has 2 atom stereocenters. The summed E-state index contributed by atoms with van der Waals surface area (Å²) in [5.74, 6) is -0.0976. The Hall–Kier alpha value is -1.13. The van der Waals surface area contributed by atoms with Gasteiger partial charge in [0.2, 0.25) is 5.91 Å². The van der Waals surface area contributed by atoms with E-state index in [1.54, 1.807) is 0 Å². The minimum absolute atomic E-state index is 0. The average molecular weight is 445 g/mol. The van der Waals surface area contributed by atoms with Gasteiger partial charge in [0, 0.05) is 17.9 Å². The molecule has 4 heterocycles. The molecule has 0 aliphatic carbocycles. The third-order valence-electron chi connectivity index (χ3n) is 4.48. The monoisotopic (exact) mass is 443 g/mol. The molecule has 1 saturated heterocycles. The van der Waals surface area contributed by atoms with Crippen molar-refractivity contribution >= 4 is 66.7 Å². The minimum atomic E-state index is -1.31. The van der Waals surface area contributed by atoms with Crippen LogP contribution < -0.4 is 20.8 Å². The zero-order chi connectivity index (χ0) is 16.1. The minimum Gasteiger partial charge on any atom is -0.543 e. The van der Waals surface area contributed by atoms with Crippen LogP contribution in [0.5, 0.6) is 0 Å². The first-order valence-corrected chi connectivity index (χ1v) is 8.59. The van der Waals surface area contributed by atoms with E-state index in [1.165, 1.54) is 16.7 Å². The molecule has 0 radical (unpaired) electrons. The van der Waals surface area contributed by atoms with Gasteiger partial charge < -0.3 is 21.0 Å². The lowest BCUT2D eigenvalue weighted by atomic mass is 10.0. The van der Waals surface area contributed by atoms with Crippen LogP contribution in [0.15, 0.2) is 23.5 Å². The third kappa shape index (κ3) is 3.50. The van der Waals surface area contributed by atoms with Crippen molar-refractivity contribution < 1.29 is 19.4 Å². The molecule has 1 aromatic rings. The van der Waals surface area contributed by atoms with Crippen molar-refractivity contribution in [3.63, 3.8) is 0 Å². The van der Waals surface area contributed by atoms with Gasteiger partial charge >= 0.3 is 0 Å². The number of hydrogen-bond donors (Lipinski definition) is 2. The Morgan fingerprint density at radius 1 is 1.42 bits per heavy atom. The topological polar surface area (TPSA) is 107 Å². The number of nitrogens with one attached hydrogen (secondary N) is 1. The van der Waals surface area contributed by atoms with Crippen LogP contribution in [0.4, 0.5) is 5.82 Å². The number of carbonyl (C=O) groups is 2. The number of carboxylic acid groups (broad SMARTS) is 1. The molecule has 0 spiro atoms. The third-order valence-corrected chi connectivity index (χ3v) is 5.84. The van der Waals surface area contributed by atoms with Gasteiger partial charge in [0.05, 0.1) is 24.3 Å². The second-order valence-electron chi connectivity index (χ2n) is 5.88. The number of fused-ring (bicyclic) bond motifs is 2. The van der Waals surface area contributed by atoms with Crippen LogP contribution in [0.3, 0.4) is 0 Å². The molecule has 0 aromatic carbocycles. The van der Waals surface area contributed by atoms with Crippen LogP contribution in [0.2, 0.25) is 0 Å². The first-order valence-electron chi connectivity index (χ1n) is 7.54. The van der Waals surface area contributed by atoms with Crippen molar-refractivity contribution in [3.8, 4) is 0 Å². The molecular formula is C14H20Cl3N5O3S. The number of aromatic nitrogens is 2. The van der Waals surface area contributed by atoms with E-state index in [9.17, 15) is 14.7 Å². The summed E-state index contributed by atoms with van der Waals surface area (Å²) < 4.78 is 4.06. The molecule has 0 saturated carbocycles. The van der Waals surface area contributed by atoms with Gasteiger partial charge in [0.1, 0.15) is 11.4 Å². The number of amides is 1. The molecule has 3 aliphatic rings. The second-order valence-corrected chi connectivity index (χ2v) is 6.98. The molecule has 146 valence electrons. The molecule has 1 fully saturated rings. The van der Waals surface area contributed by atoms with Gasteiger partial charge in [-0.3, -0.25) is 9.69 Å². The van der Waals surface area contributed by atoms with Crippen LogP contribution >= 0.6 is 49.0 Å². The highest BCUT2D eigenvalue weighted by Crippen LogP contribution is 2.39. The van der Waals surface area contributed by atoms with Gasteiger partial charge in [0.15, 0.2) is 18.6 Å². The molecule has 0 unspecified atom stereocenters. The summed E-state index contributed by atoms with van der Waals surface area (Å²) in [4.78, 5) is 24.8. The van der Waals surface area contributed by atoms with Crippen molar-refractivity contribution in [1.82, 2.24) is 9.58 Å². The first-order chi connectivity index (χ1) is 11.1. The number of halogens is 3. The molecule has 1 amide bonds. The largest absolute Gasteiger partial charge is 0.543 e. The Morgan fingerprint density at radius 3 is 2.85 bits per heavy atom. The zero-order valence-electron chi connectivity index (χ0n) is 13.6. The molecule has 4 rings (SSSR count). The molecule has 8 nitrogen and oxygen atoms in total. The highest BCUT2D eigenvalue weighted by Gasteiger charge is 2.50. The van der Waals surface area contributed by atoms with E-state index >= 15 is 0 Å². The Kier molecular flexibility index (Phi) is 7.67. The summed E-state index contributed by atoms with van der Waals surface area (Å²) >= 11 is 1.51. The summed E-state index contributed by atoms with van der Waals surface area (Å²) in [7, 11) is 0. The number of carboxylic acids is 1. The second kappa shape index (κ2) is 8.71. The predicted octanol–water partition coefficient (Wildman–Crippen LogP) is -0.897. The average Bonchev–Trinajstić information content (AvgIpc) is 2.96. The predicted molar refractivity (Wildman–Crippen MR) is 103 cm³/mol. The number of carbonyl (C=O) groups excluding carboxylic acids is 2. The Bertz CT molecular complexity index is 741. The van der Waals surface area contributed by atoms with Crippen molar-refractivity contribution in [3.05, 3.63) is 23.5 Å². The van der Waals surface area contributed by atoms with E-state index in [0.717, 1.165) is 25.3 Å². The Labute approximate surface area is 173 Å². The fraction of sp³-hybridized carbons (Fsp3) is 0.500. The molecular weight excluding hydrogens is 425 g/mol. The number of nitrogens with two attached hydrogens (primary N) is 1. The van der Waals surface area contributed by atoms with E-state index in [2.05, 4.69) is 10.00 Å². The molecule has 26 heavy (non-hydrogen) atoms. The standard InChI is InChI=1S/C14H17N5O3S.3ClH/c15-10-12(20)19-11(14(21)22)8(7-23-13(10)19)6-17-5-2-9-16-3-1-4-18(9)17;;;/h2,5,10,13H,1,3-4,6-7,15H2,(H,21,22);3*1H/t10-,13-;;;/m1.../s1. The van der Waals surface area contributed by atoms with Gasteiger partial charge in [-0.05, 0) is 6.42 Å². The summed E-state index contributed by atoms with van der Waals surface area (Å²) in [6.45, 7) is 2.24. The molecule has 0 bridgehead atoms. The number of anilines is 1. The maximum Gasteiger partial charge on any atom is 0.248 e. The molecule has 1 aromatic heterocycles. The molecule has 3 aliphatic heterocycles. The molecule has 12 heteroatoms. The summed E-state index contributed by atoms with van der Waals surface area (Å²) in [5, 5.41) is 14.6.